The highest BCUT2D eigenvalue weighted by atomic mass is 35.5. The fraction of sp³-hybridized carbons (Fsp3) is 0.312. The van der Waals surface area contributed by atoms with Crippen molar-refractivity contribution in [3.8, 4) is 10.6 Å². The molecule has 0 spiro atoms. The Bertz CT molecular complexity index is 684. The monoisotopic (exact) mass is 353 g/mol. The average Bonchev–Trinajstić information content (AvgIpc) is 2.97. The molecule has 2 rings (SSSR count). The zero-order chi connectivity index (χ0) is 16.8. The van der Waals surface area contributed by atoms with Crippen molar-refractivity contribution in [2.24, 2.45) is 0 Å². The molecule has 5 nitrogen and oxygen atoms in total. The van der Waals surface area contributed by atoms with E-state index in [0.717, 1.165) is 15.4 Å². The number of carbonyl (C=O) groups is 2. The highest BCUT2D eigenvalue weighted by Crippen LogP contribution is 2.33. The van der Waals surface area contributed by atoms with Gasteiger partial charge in [0.25, 0.3) is 0 Å². The van der Waals surface area contributed by atoms with Gasteiger partial charge in [0, 0.05) is 27.6 Å². The lowest BCUT2D eigenvalue weighted by Crippen LogP contribution is -2.13. The Morgan fingerprint density at radius 1 is 1.30 bits per heavy atom. The zero-order valence-electron chi connectivity index (χ0n) is 12.5. The van der Waals surface area contributed by atoms with E-state index >= 15 is 0 Å². The summed E-state index contributed by atoms with van der Waals surface area (Å²) < 4.78 is 4.92. The van der Waals surface area contributed by atoms with E-state index in [1.165, 1.54) is 11.3 Å². The summed E-state index contributed by atoms with van der Waals surface area (Å²) in [5.74, 6) is -1.80. The van der Waals surface area contributed by atoms with Gasteiger partial charge in [0.1, 0.15) is 5.01 Å². The predicted octanol–water partition coefficient (Wildman–Crippen LogP) is 3.98. The van der Waals surface area contributed by atoms with Crippen LogP contribution in [0.25, 0.3) is 10.6 Å². The highest BCUT2D eigenvalue weighted by Gasteiger charge is 2.22. The Hall–Kier alpha value is -1.92. The molecule has 0 aliphatic rings. The van der Waals surface area contributed by atoms with E-state index in [2.05, 4.69) is 4.98 Å². The first-order valence-electron chi connectivity index (χ1n) is 7.08. The number of carboxylic acids is 1. The van der Waals surface area contributed by atoms with Crippen molar-refractivity contribution in [3.05, 3.63) is 40.4 Å². The maximum Gasteiger partial charge on any atom is 0.306 e. The molecule has 1 aromatic carbocycles. The molecule has 0 radical (unpaired) electrons. The smallest absolute Gasteiger partial charge is 0.306 e. The van der Waals surface area contributed by atoms with Crippen LogP contribution in [0.1, 0.15) is 30.6 Å². The molecule has 1 heterocycles. The van der Waals surface area contributed by atoms with Crippen LogP contribution in [0, 0.1) is 0 Å². The molecule has 0 fully saturated rings. The molecule has 2 aromatic rings. The fourth-order valence-corrected chi connectivity index (χ4v) is 3.25. The first-order valence-corrected chi connectivity index (χ1v) is 8.28. The summed E-state index contributed by atoms with van der Waals surface area (Å²) in [7, 11) is 0. The molecule has 1 unspecified atom stereocenters. The maximum atomic E-state index is 11.7. The largest absolute Gasteiger partial charge is 0.481 e. The van der Waals surface area contributed by atoms with Crippen molar-refractivity contribution >= 4 is 34.9 Å². The van der Waals surface area contributed by atoms with Crippen molar-refractivity contribution in [2.75, 3.05) is 6.61 Å². The normalized spacial score (nSPS) is 11.9. The van der Waals surface area contributed by atoms with Crippen molar-refractivity contribution in [1.29, 1.82) is 0 Å². The molecule has 1 N–H and O–H groups in total. The molecule has 0 bridgehead atoms. The van der Waals surface area contributed by atoms with E-state index in [9.17, 15) is 9.59 Å². The summed E-state index contributed by atoms with van der Waals surface area (Å²) in [4.78, 5) is 27.8. The van der Waals surface area contributed by atoms with Gasteiger partial charge < -0.3 is 9.84 Å². The number of ether oxygens (including phenoxy) is 1. The van der Waals surface area contributed by atoms with Crippen LogP contribution >= 0.6 is 22.9 Å². The van der Waals surface area contributed by atoms with Crippen LogP contribution in [0.5, 0.6) is 0 Å². The second kappa shape index (κ2) is 8.08. The summed E-state index contributed by atoms with van der Waals surface area (Å²) in [6.45, 7) is 1.99. The van der Waals surface area contributed by atoms with E-state index < -0.39 is 17.9 Å². The van der Waals surface area contributed by atoms with Crippen LogP contribution in [-0.2, 0) is 14.3 Å². The van der Waals surface area contributed by atoms with Gasteiger partial charge >= 0.3 is 11.9 Å². The minimum Gasteiger partial charge on any atom is -0.481 e. The summed E-state index contributed by atoms with van der Waals surface area (Å²) in [6.07, 6.45) is 1.52. The molecular formula is C16H16ClNO4S. The Kier molecular flexibility index (Phi) is 6.12. The predicted molar refractivity (Wildman–Crippen MR) is 88.8 cm³/mol. The van der Waals surface area contributed by atoms with Gasteiger partial charge in [-0.15, -0.1) is 11.3 Å². The molecule has 0 saturated carbocycles. The second-order valence-corrected chi connectivity index (χ2v) is 6.38. The van der Waals surface area contributed by atoms with Gasteiger partial charge in [-0.1, -0.05) is 23.7 Å². The molecular weight excluding hydrogens is 338 g/mol. The van der Waals surface area contributed by atoms with Crippen LogP contribution in [0.4, 0.5) is 0 Å². The van der Waals surface area contributed by atoms with E-state index in [1.54, 1.807) is 25.3 Å². The van der Waals surface area contributed by atoms with Crippen LogP contribution in [0.3, 0.4) is 0 Å². The van der Waals surface area contributed by atoms with Crippen molar-refractivity contribution in [1.82, 2.24) is 4.98 Å². The van der Waals surface area contributed by atoms with E-state index in [4.69, 9.17) is 21.4 Å². The SMILES string of the molecule is CCOC(=O)CC(CC(=O)O)c1cnc(-c2ccc(Cl)cc2)s1. The number of rotatable bonds is 7. The standard InChI is InChI=1S/C16H16ClNO4S/c1-2-22-15(21)8-11(7-14(19)20)13-9-18-16(23-13)10-3-5-12(17)6-4-10/h3-6,9,11H,2,7-8H2,1H3,(H,19,20). The third-order valence-electron chi connectivity index (χ3n) is 3.16. The Morgan fingerprint density at radius 3 is 2.61 bits per heavy atom. The van der Waals surface area contributed by atoms with Gasteiger partial charge in [-0.3, -0.25) is 9.59 Å². The lowest BCUT2D eigenvalue weighted by molar-refractivity contribution is -0.144. The number of carboxylic acid groups (broad SMARTS) is 1. The van der Waals surface area contributed by atoms with E-state index in [-0.39, 0.29) is 19.4 Å². The number of hydrogen-bond acceptors (Lipinski definition) is 5. The number of halogens is 1. The average molecular weight is 354 g/mol. The molecule has 23 heavy (non-hydrogen) atoms. The number of carbonyl (C=O) groups excluding carboxylic acids is 1. The number of aromatic nitrogens is 1. The van der Waals surface area contributed by atoms with E-state index in [1.807, 2.05) is 12.1 Å². The quantitative estimate of drug-likeness (QED) is 0.762. The molecule has 1 atom stereocenters. The molecule has 122 valence electrons. The van der Waals surface area contributed by atoms with Crippen molar-refractivity contribution in [2.45, 2.75) is 25.7 Å². The maximum absolute atomic E-state index is 11.7. The zero-order valence-corrected chi connectivity index (χ0v) is 14.1. The minimum atomic E-state index is -0.958. The van der Waals surface area contributed by atoms with Gasteiger partial charge in [0.05, 0.1) is 19.4 Å². The van der Waals surface area contributed by atoms with Crippen molar-refractivity contribution in [3.63, 3.8) is 0 Å². The molecule has 0 amide bonds. The first-order chi connectivity index (χ1) is 11.0. The number of benzene rings is 1. The Morgan fingerprint density at radius 2 is 2.00 bits per heavy atom. The van der Waals surface area contributed by atoms with Gasteiger partial charge in [-0.05, 0) is 19.1 Å². The summed E-state index contributed by atoms with van der Waals surface area (Å²) in [6, 6.07) is 7.24. The third-order valence-corrected chi connectivity index (χ3v) is 4.62. The Balaban J connectivity index is 2.20. The van der Waals surface area contributed by atoms with Gasteiger partial charge in [0.2, 0.25) is 0 Å². The van der Waals surface area contributed by atoms with Crippen LogP contribution in [-0.4, -0.2) is 28.6 Å². The molecule has 1 aromatic heterocycles. The molecule has 7 heteroatoms. The highest BCUT2D eigenvalue weighted by molar-refractivity contribution is 7.15. The number of esters is 1. The van der Waals surface area contributed by atoms with Gasteiger partial charge in [-0.2, -0.15) is 0 Å². The Labute approximate surface area is 142 Å². The number of nitrogens with zero attached hydrogens (tertiary/aromatic N) is 1. The number of thiazole rings is 1. The number of aliphatic carboxylic acids is 1. The second-order valence-electron chi connectivity index (χ2n) is 4.88. The lowest BCUT2D eigenvalue weighted by Gasteiger charge is -2.11. The van der Waals surface area contributed by atoms with Crippen LogP contribution < -0.4 is 0 Å². The summed E-state index contributed by atoms with van der Waals surface area (Å²) in [5.41, 5.74) is 0.899. The lowest BCUT2D eigenvalue weighted by atomic mass is 10.0. The third kappa shape index (κ3) is 5.04. The first kappa shape index (κ1) is 17.4. The van der Waals surface area contributed by atoms with Crippen molar-refractivity contribution < 1.29 is 19.4 Å². The van der Waals surface area contributed by atoms with Crippen LogP contribution in [0.15, 0.2) is 30.5 Å². The van der Waals surface area contributed by atoms with E-state index in [0.29, 0.717) is 5.02 Å². The summed E-state index contributed by atoms with van der Waals surface area (Å²) in [5, 5.41) is 10.5. The van der Waals surface area contributed by atoms with Gasteiger partial charge in [0.15, 0.2) is 0 Å². The minimum absolute atomic E-state index is 0.0301. The van der Waals surface area contributed by atoms with Crippen LogP contribution in [0.2, 0.25) is 5.02 Å². The van der Waals surface area contributed by atoms with Gasteiger partial charge in [-0.25, -0.2) is 4.98 Å². The topological polar surface area (TPSA) is 76.5 Å². The molecule has 0 saturated heterocycles. The molecule has 0 aliphatic heterocycles. The molecule has 0 aliphatic carbocycles. The number of hydrogen-bond donors (Lipinski definition) is 1. The fourth-order valence-electron chi connectivity index (χ4n) is 2.11. The summed E-state index contributed by atoms with van der Waals surface area (Å²) >= 11 is 7.24.